The molecule has 0 radical (unpaired) electrons. The first kappa shape index (κ1) is 20.1. The van der Waals surface area contributed by atoms with Crippen LogP contribution >= 0.6 is 0 Å². The predicted molar refractivity (Wildman–Crippen MR) is 93.7 cm³/mol. The maximum atomic E-state index is 12.9. The van der Waals surface area contributed by atoms with E-state index in [0.717, 1.165) is 5.56 Å². The van der Waals surface area contributed by atoms with Crippen LogP contribution in [0.3, 0.4) is 0 Å². The Morgan fingerprint density at radius 1 is 1.35 bits per heavy atom. The van der Waals surface area contributed by atoms with E-state index in [9.17, 15) is 18.4 Å². The summed E-state index contributed by atoms with van der Waals surface area (Å²) in [5.74, 6) is -0.145. The first-order chi connectivity index (χ1) is 12.3. The van der Waals surface area contributed by atoms with Gasteiger partial charge in [0, 0.05) is 31.7 Å². The Bertz CT molecular complexity index is 655. The number of aryl methyl sites for hydroxylation is 1. The summed E-state index contributed by atoms with van der Waals surface area (Å²) >= 11 is 0. The largest absolute Gasteiger partial charge is 0.496 e. The zero-order valence-electron chi connectivity index (χ0n) is 15.3. The molecule has 0 bridgehead atoms. The lowest BCUT2D eigenvalue weighted by molar-refractivity contribution is -0.123. The Kier molecular flexibility index (Phi) is 6.90. The number of hydrogen-bond acceptors (Lipinski definition) is 4. The molecule has 1 aliphatic heterocycles. The predicted octanol–water partition coefficient (Wildman–Crippen LogP) is 1.53. The van der Waals surface area contributed by atoms with Crippen LogP contribution in [0, 0.1) is 6.92 Å². The Morgan fingerprint density at radius 2 is 2.08 bits per heavy atom. The van der Waals surface area contributed by atoms with E-state index in [2.05, 4.69) is 5.32 Å². The molecule has 1 aromatic carbocycles. The van der Waals surface area contributed by atoms with Crippen molar-refractivity contribution in [3.05, 3.63) is 29.3 Å². The summed E-state index contributed by atoms with van der Waals surface area (Å²) in [6.07, 6.45) is -3.50. The number of hydrogen-bond donors (Lipinski definition) is 1. The van der Waals surface area contributed by atoms with Gasteiger partial charge in [-0.25, -0.2) is 8.78 Å². The third-order valence-electron chi connectivity index (χ3n) is 4.46. The minimum absolute atomic E-state index is 0.142. The second kappa shape index (κ2) is 8.93. The molecule has 0 spiro atoms. The highest BCUT2D eigenvalue weighted by Crippen LogP contribution is 2.21. The number of amides is 2. The minimum atomic E-state index is -2.68. The van der Waals surface area contributed by atoms with E-state index in [-0.39, 0.29) is 18.5 Å². The molecule has 0 aliphatic carbocycles. The van der Waals surface area contributed by atoms with Crippen molar-refractivity contribution in [2.24, 2.45) is 0 Å². The van der Waals surface area contributed by atoms with Crippen molar-refractivity contribution in [1.82, 2.24) is 15.1 Å². The zero-order valence-corrected chi connectivity index (χ0v) is 15.3. The van der Waals surface area contributed by atoms with E-state index in [4.69, 9.17) is 4.74 Å². The van der Waals surface area contributed by atoms with E-state index in [1.807, 2.05) is 18.9 Å². The number of nitrogens with zero attached hydrogens (tertiary/aromatic N) is 2. The number of carbonyl (C=O) groups excluding carboxylic acids is 2. The van der Waals surface area contributed by atoms with Crippen molar-refractivity contribution in [3.63, 3.8) is 0 Å². The molecular weight excluding hydrogens is 344 g/mol. The van der Waals surface area contributed by atoms with Crippen molar-refractivity contribution in [3.8, 4) is 5.75 Å². The molecule has 8 heteroatoms. The minimum Gasteiger partial charge on any atom is -0.496 e. The van der Waals surface area contributed by atoms with Crippen LogP contribution in [0.25, 0.3) is 0 Å². The number of rotatable bonds is 6. The van der Waals surface area contributed by atoms with Crippen molar-refractivity contribution in [2.45, 2.75) is 25.8 Å². The van der Waals surface area contributed by atoms with Gasteiger partial charge >= 0.3 is 0 Å². The number of ether oxygens (including phenoxy) is 1. The van der Waals surface area contributed by atoms with E-state index in [1.165, 1.54) is 0 Å². The molecule has 2 rings (SSSR count). The fourth-order valence-electron chi connectivity index (χ4n) is 3.07. The fraction of sp³-hybridized carbons (Fsp3) is 0.556. The summed E-state index contributed by atoms with van der Waals surface area (Å²) in [7, 11) is 3.50. The number of piperazine rings is 1. The maximum Gasteiger partial charge on any atom is 0.254 e. The third kappa shape index (κ3) is 5.14. The van der Waals surface area contributed by atoms with Gasteiger partial charge in [-0.15, -0.1) is 0 Å². The van der Waals surface area contributed by atoms with E-state index in [1.54, 1.807) is 30.2 Å². The molecule has 1 unspecified atom stereocenters. The Labute approximate surface area is 152 Å². The number of halogens is 2. The van der Waals surface area contributed by atoms with Gasteiger partial charge in [-0.05, 0) is 37.7 Å². The van der Waals surface area contributed by atoms with Crippen LogP contribution in [0.2, 0.25) is 0 Å². The van der Waals surface area contributed by atoms with Gasteiger partial charge in [0.05, 0.1) is 19.6 Å². The molecule has 6 nitrogen and oxygen atoms in total. The third-order valence-corrected chi connectivity index (χ3v) is 4.46. The van der Waals surface area contributed by atoms with Crippen molar-refractivity contribution < 1.29 is 23.1 Å². The van der Waals surface area contributed by atoms with Crippen molar-refractivity contribution in [1.29, 1.82) is 0 Å². The molecule has 1 fully saturated rings. The molecule has 1 aromatic rings. The number of benzene rings is 1. The van der Waals surface area contributed by atoms with Gasteiger partial charge in [-0.3, -0.25) is 9.59 Å². The summed E-state index contributed by atoms with van der Waals surface area (Å²) in [4.78, 5) is 28.2. The highest BCUT2D eigenvalue weighted by molar-refractivity contribution is 5.95. The second-order valence-corrected chi connectivity index (χ2v) is 6.50. The standard InChI is InChI=1S/C18H25F2N3O3/c1-12-8-13(4-5-15(12)26-3)18(25)23-7-6-22(2)11-14(23)10-21-17(24)9-16(19)20/h4-5,8,14,16H,6-7,9-11H2,1-3H3,(H,21,24). The average Bonchev–Trinajstić information content (AvgIpc) is 2.59. The van der Waals surface area contributed by atoms with Gasteiger partial charge in [0.2, 0.25) is 12.3 Å². The molecular formula is C18H25F2N3O3. The van der Waals surface area contributed by atoms with Gasteiger partial charge < -0.3 is 19.9 Å². The Hall–Kier alpha value is -2.22. The van der Waals surface area contributed by atoms with Crippen LogP contribution < -0.4 is 10.1 Å². The second-order valence-electron chi connectivity index (χ2n) is 6.50. The van der Waals surface area contributed by atoms with Crippen LogP contribution in [0.15, 0.2) is 18.2 Å². The lowest BCUT2D eigenvalue weighted by Crippen LogP contribution is -2.57. The van der Waals surface area contributed by atoms with Gasteiger partial charge in [-0.1, -0.05) is 0 Å². The summed E-state index contributed by atoms with van der Waals surface area (Å²) in [6, 6.07) is 4.95. The number of methoxy groups -OCH3 is 1. The molecule has 0 aromatic heterocycles. The zero-order chi connectivity index (χ0) is 19.3. The maximum absolute atomic E-state index is 12.9. The Morgan fingerprint density at radius 3 is 2.69 bits per heavy atom. The number of likely N-dealkylation sites (N-methyl/N-ethyl adjacent to an activating group) is 1. The Balaban J connectivity index is 2.09. The normalized spacial score (nSPS) is 18.1. The SMILES string of the molecule is COc1ccc(C(=O)N2CCN(C)CC2CNC(=O)CC(F)F)cc1C. The highest BCUT2D eigenvalue weighted by Gasteiger charge is 2.30. The van der Waals surface area contributed by atoms with Gasteiger partial charge in [0.15, 0.2) is 0 Å². The van der Waals surface area contributed by atoms with Gasteiger partial charge in [-0.2, -0.15) is 0 Å². The molecule has 1 N–H and O–H groups in total. The first-order valence-corrected chi connectivity index (χ1v) is 8.50. The molecule has 1 heterocycles. The number of nitrogens with one attached hydrogen (secondary N) is 1. The molecule has 1 aliphatic rings. The molecule has 144 valence electrons. The molecule has 1 atom stereocenters. The lowest BCUT2D eigenvalue weighted by Gasteiger charge is -2.40. The molecule has 2 amide bonds. The lowest BCUT2D eigenvalue weighted by atomic mass is 10.1. The van der Waals surface area contributed by atoms with Crippen LogP contribution in [-0.2, 0) is 4.79 Å². The summed E-state index contributed by atoms with van der Waals surface area (Å²) in [5, 5.41) is 2.51. The average molecular weight is 369 g/mol. The van der Waals surface area contributed by atoms with Gasteiger partial charge in [0.25, 0.3) is 5.91 Å². The summed E-state index contributed by atoms with van der Waals surface area (Å²) < 4.78 is 29.8. The molecule has 26 heavy (non-hydrogen) atoms. The van der Waals surface area contributed by atoms with Crippen LogP contribution in [-0.4, -0.2) is 74.4 Å². The first-order valence-electron chi connectivity index (χ1n) is 8.50. The molecule has 0 saturated carbocycles. The monoisotopic (exact) mass is 369 g/mol. The van der Waals surface area contributed by atoms with E-state index in [0.29, 0.717) is 30.9 Å². The van der Waals surface area contributed by atoms with Crippen molar-refractivity contribution in [2.75, 3.05) is 40.3 Å². The van der Waals surface area contributed by atoms with Gasteiger partial charge in [0.1, 0.15) is 5.75 Å². The van der Waals surface area contributed by atoms with Crippen LogP contribution in [0.4, 0.5) is 8.78 Å². The topological polar surface area (TPSA) is 61.9 Å². The quantitative estimate of drug-likeness (QED) is 0.826. The van der Waals surface area contributed by atoms with Crippen molar-refractivity contribution >= 4 is 11.8 Å². The number of alkyl halides is 2. The fourth-order valence-corrected chi connectivity index (χ4v) is 3.07. The number of carbonyl (C=O) groups is 2. The highest BCUT2D eigenvalue weighted by atomic mass is 19.3. The molecule has 1 saturated heterocycles. The smallest absolute Gasteiger partial charge is 0.254 e. The van der Waals surface area contributed by atoms with E-state index >= 15 is 0 Å². The van der Waals surface area contributed by atoms with Crippen LogP contribution in [0.1, 0.15) is 22.3 Å². The summed E-state index contributed by atoms with van der Waals surface area (Å²) in [6.45, 7) is 3.80. The summed E-state index contributed by atoms with van der Waals surface area (Å²) in [5.41, 5.74) is 1.39. The van der Waals surface area contributed by atoms with Crippen LogP contribution in [0.5, 0.6) is 5.75 Å². The van der Waals surface area contributed by atoms with E-state index < -0.39 is 18.8 Å².